The van der Waals surface area contributed by atoms with Gasteiger partial charge < -0.3 is 14.8 Å². The fourth-order valence-corrected chi connectivity index (χ4v) is 4.81. The summed E-state index contributed by atoms with van der Waals surface area (Å²) in [6.07, 6.45) is 4.61. The van der Waals surface area contributed by atoms with Crippen molar-refractivity contribution in [3.05, 3.63) is 64.9 Å². The van der Waals surface area contributed by atoms with Crippen molar-refractivity contribution in [1.29, 1.82) is 0 Å². The van der Waals surface area contributed by atoms with Gasteiger partial charge >= 0.3 is 0 Å². The summed E-state index contributed by atoms with van der Waals surface area (Å²) in [7, 11) is 0. The van der Waals surface area contributed by atoms with E-state index in [1.54, 1.807) is 4.90 Å². The van der Waals surface area contributed by atoms with Gasteiger partial charge in [0.15, 0.2) is 5.82 Å². The summed E-state index contributed by atoms with van der Waals surface area (Å²) < 4.78 is 2.19. The van der Waals surface area contributed by atoms with Crippen LogP contribution in [0.3, 0.4) is 0 Å². The van der Waals surface area contributed by atoms with E-state index in [2.05, 4.69) is 20.1 Å². The summed E-state index contributed by atoms with van der Waals surface area (Å²) >= 11 is 6.24. The number of rotatable bonds is 5. The van der Waals surface area contributed by atoms with Crippen LogP contribution in [-0.2, 0) is 29.1 Å². The van der Waals surface area contributed by atoms with Gasteiger partial charge in [0.25, 0.3) is 0 Å². The van der Waals surface area contributed by atoms with Crippen LogP contribution < -0.4 is 5.32 Å². The van der Waals surface area contributed by atoms with Crippen molar-refractivity contribution in [2.24, 2.45) is 5.92 Å². The molecule has 170 valence electrons. The molecule has 2 aliphatic rings. The van der Waals surface area contributed by atoms with E-state index in [0.717, 1.165) is 48.6 Å². The van der Waals surface area contributed by atoms with E-state index in [9.17, 15) is 9.59 Å². The van der Waals surface area contributed by atoms with Crippen molar-refractivity contribution >= 4 is 29.1 Å². The van der Waals surface area contributed by atoms with Crippen LogP contribution in [0, 0.1) is 5.92 Å². The molecule has 8 heteroatoms. The molecule has 3 aromatic rings. The van der Waals surface area contributed by atoms with Gasteiger partial charge in [-0.15, -0.1) is 10.2 Å². The predicted octanol–water partition coefficient (Wildman–Crippen LogP) is 4.31. The number of nitrogens with zero attached hydrogens (tertiary/aromatic N) is 4. The molecule has 1 N–H and O–H groups in total. The van der Waals surface area contributed by atoms with Crippen LogP contribution >= 0.6 is 11.6 Å². The number of likely N-dealkylation sites (tertiary alicyclic amines) is 1. The zero-order valence-electron chi connectivity index (χ0n) is 18.3. The highest BCUT2D eigenvalue weighted by Crippen LogP contribution is 2.27. The second kappa shape index (κ2) is 9.35. The van der Waals surface area contributed by atoms with E-state index in [-0.39, 0.29) is 18.2 Å². The van der Waals surface area contributed by atoms with E-state index < -0.39 is 5.92 Å². The van der Waals surface area contributed by atoms with E-state index in [1.165, 1.54) is 6.42 Å². The minimum atomic E-state index is -0.395. The Balaban J connectivity index is 1.27. The van der Waals surface area contributed by atoms with Gasteiger partial charge in [0.1, 0.15) is 5.82 Å². The number of amides is 2. The maximum atomic E-state index is 13.0. The SMILES string of the molecule is O=C(Nc1cccc(-c2nnc3n2CCCCC3)c1)[C@@H]1CC(=O)N(Cc2ccccc2Cl)C1. The second-order valence-electron chi connectivity index (χ2n) is 8.74. The first kappa shape index (κ1) is 21.6. The smallest absolute Gasteiger partial charge is 0.229 e. The van der Waals surface area contributed by atoms with Crippen LogP contribution in [0.5, 0.6) is 0 Å². The lowest BCUT2D eigenvalue weighted by Crippen LogP contribution is -2.28. The van der Waals surface area contributed by atoms with Crippen molar-refractivity contribution in [3.8, 4) is 11.4 Å². The van der Waals surface area contributed by atoms with Gasteiger partial charge in [0.2, 0.25) is 11.8 Å². The molecule has 0 unspecified atom stereocenters. The lowest BCUT2D eigenvalue weighted by molar-refractivity contribution is -0.128. The molecule has 3 heterocycles. The molecule has 2 aliphatic heterocycles. The molecule has 0 bridgehead atoms. The first-order valence-corrected chi connectivity index (χ1v) is 11.8. The zero-order valence-corrected chi connectivity index (χ0v) is 19.1. The second-order valence-corrected chi connectivity index (χ2v) is 9.15. The van der Waals surface area contributed by atoms with Crippen LogP contribution in [0.4, 0.5) is 5.69 Å². The predicted molar refractivity (Wildman–Crippen MR) is 127 cm³/mol. The Kier molecular flexibility index (Phi) is 6.13. The average Bonchev–Trinajstić information content (AvgIpc) is 3.30. The van der Waals surface area contributed by atoms with Gasteiger partial charge in [-0.05, 0) is 36.6 Å². The lowest BCUT2D eigenvalue weighted by Gasteiger charge is -2.17. The summed E-state index contributed by atoms with van der Waals surface area (Å²) in [6.45, 7) is 1.71. The maximum absolute atomic E-state index is 13.0. The van der Waals surface area contributed by atoms with Crippen LogP contribution in [0.25, 0.3) is 11.4 Å². The van der Waals surface area contributed by atoms with Gasteiger partial charge in [0.05, 0.1) is 5.92 Å². The van der Waals surface area contributed by atoms with Crippen molar-refractivity contribution < 1.29 is 9.59 Å². The standard InChI is InChI=1S/C25H26ClN5O2/c26-21-10-4-3-7-18(21)15-30-16-19(14-23(30)32)25(33)27-20-9-6-8-17(13-20)24-29-28-22-11-2-1-5-12-31(22)24/h3-4,6-10,13,19H,1-2,5,11-12,14-16H2,(H,27,33)/t19-/m1/s1. The van der Waals surface area contributed by atoms with E-state index in [0.29, 0.717) is 23.8 Å². The summed E-state index contributed by atoms with van der Waals surface area (Å²) in [6, 6.07) is 15.2. The maximum Gasteiger partial charge on any atom is 0.229 e. The molecule has 1 atom stereocenters. The number of anilines is 1. The number of aryl methyl sites for hydroxylation is 1. The number of carbonyl (C=O) groups is 2. The van der Waals surface area contributed by atoms with Crippen molar-refractivity contribution in [2.45, 2.75) is 45.2 Å². The molecule has 33 heavy (non-hydrogen) atoms. The quantitative estimate of drug-likeness (QED) is 0.611. The molecular weight excluding hydrogens is 438 g/mol. The Morgan fingerprint density at radius 3 is 2.85 bits per heavy atom. The van der Waals surface area contributed by atoms with Crippen molar-refractivity contribution in [2.75, 3.05) is 11.9 Å². The molecule has 0 spiro atoms. The minimum Gasteiger partial charge on any atom is -0.337 e. The van der Waals surface area contributed by atoms with Gasteiger partial charge in [-0.3, -0.25) is 9.59 Å². The van der Waals surface area contributed by atoms with Gasteiger partial charge in [-0.2, -0.15) is 0 Å². The summed E-state index contributed by atoms with van der Waals surface area (Å²) in [5.74, 6) is 1.29. The fourth-order valence-electron chi connectivity index (χ4n) is 4.61. The van der Waals surface area contributed by atoms with Gasteiger partial charge in [-0.25, -0.2) is 0 Å². The number of hydrogen-bond acceptors (Lipinski definition) is 4. The average molecular weight is 464 g/mol. The molecule has 1 saturated heterocycles. The molecule has 1 aromatic heterocycles. The number of aromatic nitrogens is 3. The lowest BCUT2D eigenvalue weighted by atomic mass is 10.1. The number of hydrogen-bond donors (Lipinski definition) is 1. The molecular formula is C25H26ClN5O2. The Bertz CT molecular complexity index is 1190. The molecule has 7 nitrogen and oxygen atoms in total. The number of carbonyl (C=O) groups excluding carboxylic acids is 2. The Morgan fingerprint density at radius 2 is 1.97 bits per heavy atom. The van der Waals surface area contributed by atoms with Crippen LogP contribution in [-0.4, -0.2) is 38.0 Å². The van der Waals surface area contributed by atoms with Gasteiger partial charge in [0, 0.05) is 48.7 Å². The van der Waals surface area contributed by atoms with Crippen molar-refractivity contribution in [1.82, 2.24) is 19.7 Å². The number of halogens is 1. The Morgan fingerprint density at radius 1 is 1.09 bits per heavy atom. The molecule has 2 amide bonds. The Labute approximate surface area is 197 Å². The molecule has 2 aromatic carbocycles. The zero-order chi connectivity index (χ0) is 22.8. The molecule has 5 rings (SSSR count). The summed E-state index contributed by atoms with van der Waals surface area (Å²) in [5.41, 5.74) is 2.51. The largest absolute Gasteiger partial charge is 0.337 e. The molecule has 1 fully saturated rings. The first-order valence-electron chi connectivity index (χ1n) is 11.4. The fraction of sp³-hybridized carbons (Fsp3) is 0.360. The third-order valence-electron chi connectivity index (χ3n) is 6.40. The van der Waals surface area contributed by atoms with Crippen LogP contribution in [0.1, 0.15) is 37.1 Å². The first-order chi connectivity index (χ1) is 16.1. The molecule has 0 aliphatic carbocycles. The Hall–Kier alpha value is -3.19. The summed E-state index contributed by atoms with van der Waals surface area (Å²) in [5, 5.41) is 12.4. The normalized spacial score (nSPS) is 18.2. The highest BCUT2D eigenvalue weighted by atomic mass is 35.5. The number of benzene rings is 2. The van der Waals surface area contributed by atoms with Crippen LogP contribution in [0.15, 0.2) is 48.5 Å². The third kappa shape index (κ3) is 4.64. The summed E-state index contributed by atoms with van der Waals surface area (Å²) in [4.78, 5) is 27.2. The highest BCUT2D eigenvalue weighted by Gasteiger charge is 2.34. The van der Waals surface area contributed by atoms with E-state index in [4.69, 9.17) is 11.6 Å². The van der Waals surface area contributed by atoms with E-state index in [1.807, 2.05) is 48.5 Å². The number of fused-ring (bicyclic) bond motifs is 1. The highest BCUT2D eigenvalue weighted by molar-refractivity contribution is 6.31. The third-order valence-corrected chi connectivity index (χ3v) is 6.77. The topological polar surface area (TPSA) is 80.1 Å². The van der Waals surface area contributed by atoms with Gasteiger partial charge in [-0.1, -0.05) is 48.4 Å². The monoisotopic (exact) mass is 463 g/mol. The molecule has 0 saturated carbocycles. The number of nitrogens with one attached hydrogen (secondary N) is 1. The minimum absolute atomic E-state index is 0.0324. The van der Waals surface area contributed by atoms with Crippen LogP contribution in [0.2, 0.25) is 5.02 Å². The molecule has 0 radical (unpaired) electrons. The van der Waals surface area contributed by atoms with E-state index >= 15 is 0 Å². The van der Waals surface area contributed by atoms with Crippen molar-refractivity contribution in [3.63, 3.8) is 0 Å².